The third kappa shape index (κ3) is 1.68. The van der Waals surface area contributed by atoms with Crippen LogP contribution in [0.15, 0.2) is 18.2 Å². The first-order chi connectivity index (χ1) is 7.09. The van der Waals surface area contributed by atoms with Crippen LogP contribution in [0.5, 0.6) is 0 Å². The minimum atomic E-state index is 0.498. The molecule has 1 aliphatic rings. The Morgan fingerprint density at radius 2 is 1.80 bits per heavy atom. The molecule has 0 amide bonds. The maximum atomic E-state index is 4.06. The van der Waals surface area contributed by atoms with Gasteiger partial charge < -0.3 is 0 Å². The zero-order valence-electron chi connectivity index (χ0n) is 9.38. The highest BCUT2D eigenvalue weighted by molar-refractivity contribution is 5.70. The Kier molecular flexibility index (Phi) is 2.36. The lowest BCUT2D eigenvalue weighted by Gasteiger charge is -2.05. The topological polar surface area (TPSA) is 0 Å². The second-order valence-electron chi connectivity index (χ2n) is 4.22. The summed E-state index contributed by atoms with van der Waals surface area (Å²) < 4.78 is 0. The van der Waals surface area contributed by atoms with Crippen molar-refractivity contribution in [2.45, 2.75) is 13.8 Å². The standard InChI is InChI=1S/C15H16/c1-10-5-7-14-9-11(2)12(3)13(4)15(14)8-6-10/h5-10H,2-3H2,1,4H3. The highest BCUT2D eigenvalue weighted by Crippen LogP contribution is 2.19. The van der Waals surface area contributed by atoms with E-state index in [-0.39, 0.29) is 0 Å². The molecule has 0 aromatic heterocycles. The third-order valence-electron chi connectivity index (χ3n) is 3.03. The van der Waals surface area contributed by atoms with Crippen LogP contribution in [-0.2, 0) is 0 Å². The molecule has 1 aromatic carbocycles. The average Bonchev–Trinajstić information content (AvgIpc) is 2.38. The van der Waals surface area contributed by atoms with Crippen LogP contribution in [0.4, 0.5) is 0 Å². The summed E-state index contributed by atoms with van der Waals surface area (Å²) in [5, 5.41) is 2.08. The van der Waals surface area contributed by atoms with E-state index in [2.05, 4.69) is 57.4 Å². The van der Waals surface area contributed by atoms with Crippen LogP contribution >= 0.6 is 0 Å². The van der Waals surface area contributed by atoms with E-state index in [4.69, 9.17) is 0 Å². The van der Waals surface area contributed by atoms with Crippen molar-refractivity contribution in [2.75, 3.05) is 0 Å². The average molecular weight is 196 g/mol. The Balaban J connectivity index is 2.80. The van der Waals surface area contributed by atoms with Gasteiger partial charge in [-0.1, -0.05) is 44.4 Å². The lowest BCUT2D eigenvalue weighted by molar-refractivity contribution is 0.954. The number of benzene rings is 1. The summed E-state index contributed by atoms with van der Waals surface area (Å²) in [4.78, 5) is 0. The summed E-state index contributed by atoms with van der Waals surface area (Å²) >= 11 is 0. The van der Waals surface area contributed by atoms with Crippen LogP contribution in [0.3, 0.4) is 0 Å². The van der Waals surface area contributed by atoms with E-state index in [1.165, 1.54) is 16.7 Å². The maximum Gasteiger partial charge on any atom is -0.00752 e. The summed E-state index contributed by atoms with van der Waals surface area (Å²) in [7, 11) is 0. The first kappa shape index (κ1) is 9.97. The molecule has 0 nitrogen and oxygen atoms in total. The Bertz CT molecular complexity index is 544. The molecule has 0 heterocycles. The molecule has 2 rings (SSSR count). The van der Waals surface area contributed by atoms with Crippen molar-refractivity contribution < 1.29 is 0 Å². The van der Waals surface area contributed by atoms with Gasteiger partial charge in [-0.05, 0) is 46.0 Å². The van der Waals surface area contributed by atoms with Gasteiger partial charge in [0.25, 0.3) is 0 Å². The van der Waals surface area contributed by atoms with E-state index < -0.39 is 0 Å². The molecule has 0 N–H and O–H groups in total. The number of allylic oxidation sites excluding steroid dienone is 2. The van der Waals surface area contributed by atoms with Gasteiger partial charge in [-0.3, -0.25) is 0 Å². The van der Waals surface area contributed by atoms with Gasteiger partial charge in [0.2, 0.25) is 0 Å². The van der Waals surface area contributed by atoms with Gasteiger partial charge in [0.1, 0.15) is 0 Å². The quantitative estimate of drug-likeness (QED) is 0.598. The molecule has 0 bridgehead atoms. The molecule has 1 aliphatic carbocycles. The van der Waals surface area contributed by atoms with Gasteiger partial charge in [-0.2, -0.15) is 0 Å². The van der Waals surface area contributed by atoms with Gasteiger partial charge >= 0.3 is 0 Å². The van der Waals surface area contributed by atoms with Crippen LogP contribution in [0.2, 0.25) is 0 Å². The molecule has 1 aromatic rings. The van der Waals surface area contributed by atoms with E-state index in [9.17, 15) is 0 Å². The van der Waals surface area contributed by atoms with E-state index in [1.54, 1.807) is 0 Å². The lowest BCUT2D eigenvalue weighted by Crippen LogP contribution is -2.26. The van der Waals surface area contributed by atoms with Crippen molar-refractivity contribution in [3.8, 4) is 0 Å². The summed E-state index contributed by atoms with van der Waals surface area (Å²) in [6, 6.07) is 2.11. The Labute approximate surface area is 91.0 Å². The van der Waals surface area contributed by atoms with Gasteiger partial charge in [-0.15, -0.1) is 0 Å². The van der Waals surface area contributed by atoms with E-state index in [1.807, 2.05) is 0 Å². The molecule has 0 saturated carbocycles. The number of fused-ring (bicyclic) bond motifs is 1. The van der Waals surface area contributed by atoms with Crippen LogP contribution in [0, 0.1) is 12.8 Å². The number of rotatable bonds is 0. The van der Waals surface area contributed by atoms with Crippen molar-refractivity contribution in [3.63, 3.8) is 0 Å². The van der Waals surface area contributed by atoms with E-state index in [0.717, 1.165) is 10.4 Å². The summed E-state index contributed by atoms with van der Waals surface area (Å²) in [6.07, 6.45) is 8.81. The van der Waals surface area contributed by atoms with Gasteiger partial charge in [0.15, 0.2) is 0 Å². The molecule has 0 fully saturated rings. The van der Waals surface area contributed by atoms with Crippen molar-refractivity contribution in [3.05, 3.63) is 45.3 Å². The van der Waals surface area contributed by atoms with E-state index >= 15 is 0 Å². The SMILES string of the molecule is C=c1cc2c(c(C)c1=C)C=CC(C)C=C2. The second kappa shape index (κ2) is 3.54. The Morgan fingerprint density at radius 3 is 2.53 bits per heavy atom. The minimum absolute atomic E-state index is 0.498. The van der Waals surface area contributed by atoms with Crippen molar-refractivity contribution in [2.24, 2.45) is 5.92 Å². The predicted molar refractivity (Wildman–Crippen MR) is 68.7 cm³/mol. The van der Waals surface area contributed by atoms with Crippen LogP contribution < -0.4 is 10.4 Å². The first-order valence-electron chi connectivity index (χ1n) is 5.27. The minimum Gasteiger partial charge on any atom is -0.0911 e. The Morgan fingerprint density at radius 1 is 1.13 bits per heavy atom. The van der Waals surface area contributed by atoms with Gasteiger partial charge in [0.05, 0.1) is 0 Å². The summed E-state index contributed by atoms with van der Waals surface area (Å²) in [5.74, 6) is 0.498. The molecule has 0 aliphatic heterocycles. The number of hydrogen-bond acceptors (Lipinski definition) is 0. The molecule has 0 radical (unpaired) electrons. The van der Waals surface area contributed by atoms with Crippen molar-refractivity contribution >= 4 is 25.3 Å². The molecule has 76 valence electrons. The molecule has 1 atom stereocenters. The van der Waals surface area contributed by atoms with Gasteiger partial charge in [0, 0.05) is 0 Å². The molecular weight excluding hydrogens is 180 g/mol. The maximum absolute atomic E-state index is 4.06. The first-order valence-corrected chi connectivity index (χ1v) is 5.27. The second-order valence-corrected chi connectivity index (χ2v) is 4.22. The van der Waals surface area contributed by atoms with E-state index in [0.29, 0.717) is 5.92 Å². The third-order valence-corrected chi connectivity index (χ3v) is 3.03. The highest BCUT2D eigenvalue weighted by Gasteiger charge is 2.05. The fourth-order valence-electron chi connectivity index (χ4n) is 1.90. The highest BCUT2D eigenvalue weighted by atomic mass is 14.1. The van der Waals surface area contributed by atoms with Crippen LogP contribution in [0.1, 0.15) is 23.6 Å². The molecule has 1 unspecified atom stereocenters. The zero-order valence-corrected chi connectivity index (χ0v) is 9.38. The molecule has 0 heteroatoms. The number of hydrogen-bond donors (Lipinski definition) is 0. The van der Waals surface area contributed by atoms with Crippen LogP contribution in [-0.4, -0.2) is 0 Å². The molecule has 0 spiro atoms. The predicted octanol–water partition coefficient (Wildman–Crippen LogP) is 2.49. The molecule has 15 heavy (non-hydrogen) atoms. The zero-order chi connectivity index (χ0) is 11.0. The molecule has 0 saturated heterocycles. The van der Waals surface area contributed by atoms with Crippen molar-refractivity contribution in [1.82, 2.24) is 0 Å². The molecular formula is C15H16. The normalized spacial score (nSPS) is 18.7. The largest absolute Gasteiger partial charge is 0.0911 e. The Hall–Kier alpha value is -1.56. The monoisotopic (exact) mass is 196 g/mol. The smallest absolute Gasteiger partial charge is 0.00752 e. The summed E-state index contributed by atoms with van der Waals surface area (Å²) in [5.41, 5.74) is 3.78. The fraction of sp³-hybridized carbons (Fsp3) is 0.200. The summed E-state index contributed by atoms with van der Waals surface area (Å²) in [6.45, 7) is 12.4. The lowest BCUT2D eigenvalue weighted by atomic mass is 9.99. The van der Waals surface area contributed by atoms with Crippen LogP contribution in [0.25, 0.3) is 25.3 Å². The van der Waals surface area contributed by atoms with Crippen molar-refractivity contribution in [1.29, 1.82) is 0 Å². The fourth-order valence-corrected chi connectivity index (χ4v) is 1.90. The van der Waals surface area contributed by atoms with Gasteiger partial charge in [-0.25, -0.2) is 0 Å².